The largest absolute Gasteiger partial charge is 0.481 e. The average molecular weight is 588 g/mol. The lowest BCUT2D eigenvalue weighted by molar-refractivity contribution is -0.147. The molecule has 7 nitrogen and oxygen atoms in total. The van der Waals surface area contributed by atoms with Gasteiger partial charge in [-0.1, -0.05) is 78.7 Å². The second-order valence-electron chi connectivity index (χ2n) is 10.1. The molecule has 208 valence electrons. The highest BCUT2D eigenvalue weighted by Gasteiger charge is 2.62. The van der Waals surface area contributed by atoms with E-state index < -0.39 is 60.6 Å². The summed E-state index contributed by atoms with van der Waals surface area (Å²) in [5.74, 6) is -7.11. The highest BCUT2D eigenvalue weighted by Crippen LogP contribution is 2.52. The third-order valence-corrected chi connectivity index (χ3v) is 8.10. The Morgan fingerprint density at radius 1 is 1.12 bits per heavy atom. The summed E-state index contributed by atoms with van der Waals surface area (Å²) < 4.78 is 30.2. The minimum absolute atomic E-state index is 0.0499. The van der Waals surface area contributed by atoms with Crippen LogP contribution in [0.15, 0.2) is 66.7 Å². The van der Waals surface area contributed by atoms with Crippen LogP contribution in [0.2, 0.25) is 10.0 Å². The molecule has 11 heteroatoms. The van der Waals surface area contributed by atoms with Crippen LogP contribution in [0.4, 0.5) is 20.2 Å². The highest BCUT2D eigenvalue weighted by molar-refractivity contribution is 6.38. The van der Waals surface area contributed by atoms with Crippen LogP contribution in [0.1, 0.15) is 25.3 Å². The van der Waals surface area contributed by atoms with E-state index in [9.17, 15) is 19.5 Å². The number of alkyl halides is 2. The highest BCUT2D eigenvalue weighted by atomic mass is 35.5. The van der Waals surface area contributed by atoms with Gasteiger partial charge in [0.25, 0.3) is 5.92 Å². The quantitative estimate of drug-likeness (QED) is 0.303. The molecule has 0 aromatic heterocycles. The molecule has 2 amide bonds. The number of amides is 2. The number of benzene rings is 3. The van der Waals surface area contributed by atoms with Crippen LogP contribution in [0.5, 0.6) is 0 Å². The van der Waals surface area contributed by atoms with Gasteiger partial charge in [0, 0.05) is 34.3 Å². The zero-order valence-corrected chi connectivity index (χ0v) is 22.8. The van der Waals surface area contributed by atoms with Crippen molar-refractivity contribution < 1.29 is 28.3 Å². The Morgan fingerprint density at radius 3 is 2.50 bits per heavy atom. The number of anilines is 2. The fraction of sp³-hybridized carbons (Fsp3) is 0.276. The molecule has 1 saturated heterocycles. The molecule has 0 aliphatic carbocycles. The zero-order valence-electron chi connectivity index (χ0n) is 21.3. The molecule has 40 heavy (non-hydrogen) atoms. The summed E-state index contributed by atoms with van der Waals surface area (Å²) in [4.78, 5) is 40.3. The second kappa shape index (κ2) is 10.5. The number of halogens is 4. The summed E-state index contributed by atoms with van der Waals surface area (Å²) in [5, 5.41) is 15.4. The minimum Gasteiger partial charge on any atom is -0.481 e. The normalized spacial score (nSPS) is 22.4. The minimum atomic E-state index is -3.29. The van der Waals surface area contributed by atoms with Gasteiger partial charge < -0.3 is 15.7 Å². The number of nitrogens with one attached hydrogen (secondary N) is 2. The van der Waals surface area contributed by atoms with Crippen LogP contribution in [-0.2, 0) is 19.9 Å². The molecule has 5 rings (SSSR count). The number of carbonyl (C=O) groups excluding carboxylic acids is 2. The lowest BCUT2D eigenvalue weighted by Gasteiger charge is -2.41. The van der Waals surface area contributed by atoms with Gasteiger partial charge in [0.2, 0.25) is 11.8 Å². The Bertz CT molecular complexity index is 1500. The van der Waals surface area contributed by atoms with Crippen molar-refractivity contribution in [3.63, 3.8) is 0 Å². The van der Waals surface area contributed by atoms with Crippen molar-refractivity contribution in [2.24, 2.45) is 5.92 Å². The molecule has 2 aliphatic rings. The zero-order chi connectivity index (χ0) is 28.8. The topological polar surface area (TPSA) is 98.7 Å². The number of fused-ring (bicyclic) bond motifs is 1. The lowest BCUT2D eigenvalue weighted by Crippen LogP contribution is -2.57. The number of carboxylic acid groups (broad SMARTS) is 1. The van der Waals surface area contributed by atoms with Gasteiger partial charge in [-0.2, -0.15) is 0 Å². The van der Waals surface area contributed by atoms with Crippen LogP contribution in [-0.4, -0.2) is 46.3 Å². The van der Waals surface area contributed by atoms with E-state index in [2.05, 4.69) is 10.6 Å². The summed E-state index contributed by atoms with van der Waals surface area (Å²) >= 11 is 12.5. The number of nitrogens with zero attached hydrogens (tertiary/aromatic N) is 1. The first-order valence-corrected chi connectivity index (χ1v) is 13.3. The Morgan fingerprint density at radius 2 is 1.80 bits per heavy atom. The third-order valence-electron chi connectivity index (χ3n) is 7.58. The van der Waals surface area contributed by atoms with Gasteiger partial charge in [0.15, 0.2) is 0 Å². The van der Waals surface area contributed by atoms with Crippen molar-refractivity contribution in [2.75, 3.05) is 17.2 Å². The molecular formula is C29H25Cl2F2N3O4. The fourth-order valence-corrected chi connectivity index (χ4v) is 6.28. The maximum absolute atomic E-state index is 15.1. The van der Waals surface area contributed by atoms with E-state index in [1.54, 1.807) is 12.1 Å². The van der Waals surface area contributed by atoms with Gasteiger partial charge in [-0.25, -0.2) is 8.78 Å². The number of carbonyl (C=O) groups is 3. The molecule has 0 unspecified atom stereocenters. The third kappa shape index (κ3) is 4.93. The van der Waals surface area contributed by atoms with E-state index in [1.165, 1.54) is 19.1 Å². The van der Waals surface area contributed by atoms with E-state index in [1.807, 2.05) is 42.5 Å². The van der Waals surface area contributed by atoms with Gasteiger partial charge in [0.1, 0.15) is 5.54 Å². The lowest BCUT2D eigenvalue weighted by atomic mass is 9.83. The molecule has 2 heterocycles. The molecule has 3 N–H and O–H groups in total. The molecule has 3 atom stereocenters. The smallest absolute Gasteiger partial charge is 0.306 e. The Kier molecular flexibility index (Phi) is 7.33. The number of hydrogen-bond donors (Lipinski definition) is 3. The SMILES string of the molecule is C[C@@H](C(=O)Nc1ccccc1-c1ccccc1)[C@H]1CC(F)(F)CN1[C@@]1(CC(=O)O)C(=O)Nc2c(Cl)cc(Cl)cc21. The maximum Gasteiger partial charge on any atom is 0.306 e. The van der Waals surface area contributed by atoms with Crippen LogP contribution >= 0.6 is 23.2 Å². The first-order chi connectivity index (χ1) is 18.9. The molecule has 0 bridgehead atoms. The Labute approximate surface area is 239 Å². The second-order valence-corrected chi connectivity index (χ2v) is 11.0. The molecule has 0 spiro atoms. The first kappa shape index (κ1) is 28.0. The molecule has 0 saturated carbocycles. The van der Waals surface area contributed by atoms with Crippen LogP contribution in [0.25, 0.3) is 11.1 Å². The van der Waals surface area contributed by atoms with Crippen molar-refractivity contribution in [1.29, 1.82) is 0 Å². The summed E-state index contributed by atoms with van der Waals surface area (Å²) in [6.45, 7) is 0.562. The van der Waals surface area contributed by atoms with Gasteiger partial charge >= 0.3 is 5.97 Å². The summed E-state index contributed by atoms with van der Waals surface area (Å²) in [6.07, 6.45) is -1.58. The van der Waals surface area contributed by atoms with Gasteiger partial charge in [-0.3, -0.25) is 19.3 Å². The number of rotatable bonds is 7. The predicted octanol–water partition coefficient (Wildman–Crippen LogP) is 6.27. The van der Waals surface area contributed by atoms with Crippen molar-refractivity contribution in [2.45, 2.75) is 37.3 Å². The fourth-order valence-electron chi connectivity index (χ4n) is 5.74. The Balaban J connectivity index is 1.54. The van der Waals surface area contributed by atoms with E-state index in [-0.39, 0.29) is 21.3 Å². The summed E-state index contributed by atoms with van der Waals surface area (Å²) in [7, 11) is 0. The molecule has 2 aliphatic heterocycles. The predicted molar refractivity (Wildman–Crippen MR) is 149 cm³/mol. The van der Waals surface area contributed by atoms with E-state index in [4.69, 9.17) is 23.2 Å². The standard InChI is InChI=1S/C29H25Cl2F2N3O4/c1-16(26(39)34-22-10-6-5-9-19(22)17-7-3-2-4-8-17)23-13-28(32,33)15-36(23)29(14-24(37)38)20-11-18(30)12-21(31)25(20)35-27(29)40/h2-12,16,23H,13-15H2,1H3,(H,34,39)(H,35,40)(H,37,38)/t16-,23-,29-/m1/s1. The first-order valence-electron chi connectivity index (χ1n) is 12.6. The van der Waals surface area contributed by atoms with E-state index in [0.29, 0.717) is 5.69 Å². The number of para-hydroxylation sites is 1. The van der Waals surface area contributed by atoms with Crippen molar-refractivity contribution >= 4 is 52.4 Å². The molecule has 0 radical (unpaired) electrons. The van der Waals surface area contributed by atoms with Crippen LogP contribution in [0, 0.1) is 5.92 Å². The molecule has 3 aromatic carbocycles. The molecule has 1 fully saturated rings. The maximum atomic E-state index is 15.1. The van der Waals surface area contributed by atoms with Gasteiger partial charge in [0.05, 0.1) is 29.6 Å². The van der Waals surface area contributed by atoms with Crippen molar-refractivity contribution in [3.05, 3.63) is 82.3 Å². The van der Waals surface area contributed by atoms with Gasteiger partial charge in [-0.15, -0.1) is 0 Å². The van der Waals surface area contributed by atoms with Gasteiger partial charge in [-0.05, 0) is 23.8 Å². The van der Waals surface area contributed by atoms with Crippen molar-refractivity contribution in [1.82, 2.24) is 4.90 Å². The number of carboxylic acids is 1. The number of likely N-dealkylation sites (tertiary alicyclic amines) is 1. The molecule has 3 aromatic rings. The average Bonchev–Trinajstić information content (AvgIpc) is 3.38. The number of hydrogen-bond acceptors (Lipinski definition) is 4. The van der Waals surface area contributed by atoms with Crippen LogP contribution < -0.4 is 10.6 Å². The molecular weight excluding hydrogens is 563 g/mol. The summed E-state index contributed by atoms with van der Waals surface area (Å²) in [6, 6.07) is 18.0. The van der Waals surface area contributed by atoms with E-state index in [0.717, 1.165) is 16.0 Å². The van der Waals surface area contributed by atoms with Crippen LogP contribution in [0.3, 0.4) is 0 Å². The number of aliphatic carboxylic acids is 1. The monoisotopic (exact) mass is 587 g/mol. The van der Waals surface area contributed by atoms with Crippen molar-refractivity contribution in [3.8, 4) is 11.1 Å². The van der Waals surface area contributed by atoms with E-state index >= 15 is 8.78 Å². The summed E-state index contributed by atoms with van der Waals surface area (Å²) in [5.41, 5.74) is 0.227. The Hall–Kier alpha value is -3.53.